The molecule has 2 unspecified atom stereocenters. The summed E-state index contributed by atoms with van der Waals surface area (Å²) in [5, 5.41) is 7.09. The van der Waals surface area contributed by atoms with Gasteiger partial charge >= 0.3 is 0 Å². The van der Waals surface area contributed by atoms with Crippen molar-refractivity contribution in [3.8, 4) is 5.75 Å². The number of halogens is 1. The van der Waals surface area contributed by atoms with Gasteiger partial charge < -0.3 is 29.3 Å². The molecule has 8 heteroatoms. The van der Waals surface area contributed by atoms with Crippen molar-refractivity contribution in [1.29, 1.82) is 0 Å². The normalized spacial score (nSPS) is 23.9. The van der Waals surface area contributed by atoms with Gasteiger partial charge in [0.25, 0.3) is 0 Å². The summed E-state index contributed by atoms with van der Waals surface area (Å²) in [5.74, 6) is 2.32. The number of hydrogen-bond donors (Lipinski definition) is 2. The molecule has 1 spiro atoms. The van der Waals surface area contributed by atoms with Crippen molar-refractivity contribution in [3.05, 3.63) is 54.0 Å². The first kappa shape index (κ1) is 24.3. The third kappa shape index (κ3) is 6.22. The standard InChI is InChI=1S/C25H33N3O4.HI/c1-4-12-25(13-5-1)31-18-20(32-25)17-27-24(26-14-10-19-7-6-15-29-19)28-22-11-16-30-23-9-3-2-8-21(22)23;/h2-3,6-9,15,20,22H,1,4-5,10-14,16-18H2,(H2,26,27,28);1H. The number of ether oxygens (including phenoxy) is 3. The van der Waals surface area contributed by atoms with Gasteiger partial charge in [0.1, 0.15) is 17.6 Å². The molecule has 2 aromatic rings. The number of para-hydroxylation sites is 1. The molecule has 3 heterocycles. The van der Waals surface area contributed by atoms with Gasteiger partial charge in [0.2, 0.25) is 0 Å². The Kier molecular flexibility index (Phi) is 8.54. The fourth-order valence-electron chi connectivity index (χ4n) is 4.82. The molecule has 3 aliphatic rings. The molecule has 1 aromatic heterocycles. The van der Waals surface area contributed by atoms with E-state index < -0.39 is 0 Å². The lowest BCUT2D eigenvalue weighted by Gasteiger charge is -2.31. The van der Waals surface area contributed by atoms with Gasteiger partial charge in [0, 0.05) is 37.8 Å². The van der Waals surface area contributed by atoms with Crippen LogP contribution in [0.3, 0.4) is 0 Å². The Morgan fingerprint density at radius 3 is 2.82 bits per heavy atom. The summed E-state index contributed by atoms with van der Waals surface area (Å²) in [6, 6.07) is 12.3. The zero-order valence-corrected chi connectivity index (χ0v) is 21.3. The van der Waals surface area contributed by atoms with E-state index in [-0.39, 0.29) is 41.9 Å². The molecule has 0 bridgehead atoms. The van der Waals surface area contributed by atoms with Gasteiger partial charge in [-0.1, -0.05) is 24.6 Å². The first-order valence-corrected chi connectivity index (χ1v) is 11.9. The van der Waals surface area contributed by atoms with Crippen molar-refractivity contribution in [3.63, 3.8) is 0 Å². The molecule has 1 aliphatic carbocycles. The van der Waals surface area contributed by atoms with Crippen LogP contribution in [0.5, 0.6) is 5.75 Å². The molecule has 1 aromatic carbocycles. The second-order valence-corrected chi connectivity index (χ2v) is 8.84. The van der Waals surface area contributed by atoms with Crippen molar-refractivity contribution >= 4 is 29.9 Å². The predicted molar refractivity (Wildman–Crippen MR) is 137 cm³/mol. The van der Waals surface area contributed by atoms with Crippen LogP contribution in [0.25, 0.3) is 0 Å². The van der Waals surface area contributed by atoms with E-state index in [2.05, 4.69) is 22.8 Å². The number of benzene rings is 1. The van der Waals surface area contributed by atoms with Crippen molar-refractivity contribution < 1.29 is 18.6 Å². The molecule has 0 radical (unpaired) electrons. The third-order valence-corrected chi connectivity index (χ3v) is 6.50. The maximum Gasteiger partial charge on any atom is 0.191 e. The quantitative estimate of drug-likeness (QED) is 0.303. The molecule has 1 saturated heterocycles. The highest BCUT2D eigenvalue weighted by Crippen LogP contribution is 2.37. The van der Waals surface area contributed by atoms with E-state index in [0.29, 0.717) is 19.8 Å². The minimum atomic E-state index is -0.363. The van der Waals surface area contributed by atoms with Crippen molar-refractivity contribution in [1.82, 2.24) is 10.6 Å². The highest BCUT2D eigenvalue weighted by molar-refractivity contribution is 14.0. The van der Waals surface area contributed by atoms with Crippen LogP contribution in [0, 0.1) is 0 Å². The summed E-state index contributed by atoms with van der Waals surface area (Å²) >= 11 is 0. The molecule has 1 saturated carbocycles. The first-order valence-electron chi connectivity index (χ1n) is 11.9. The van der Waals surface area contributed by atoms with Crippen LogP contribution in [0.4, 0.5) is 0 Å². The van der Waals surface area contributed by atoms with Gasteiger partial charge in [0.15, 0.2) is 11.7 Å². The van der Waals surface area contributed by atoms with Gasteiger partial charge in [-0.2, -0.15) is 0 Å². The van der Waals surface area contributed by atoms with E-state index in [1.807, 2.05) is 24.3 Å². The molecule has 0 amide bonds. The van der Waals surface area contributed by atoms with Crippen molar-refractivity contribution in [2.24, 2.45) is 4.99 Å². The number of rotatable bonds is 6. The lowest BCUT2D eigenvalue weighted by Crippen LogP contribution is -2.42. The zero-order valence-electron chi connectivity index (χ0n) is 19.0. The van der Waals surface area contributed by atoms with Crippen LogP contribution in [-0.2, 0) is 15.9 Å². The monoisotopic (exact) mass is 567 g/mol. The van der Waals surface area contributed by atoms with Crippen LogP contribution < -0.4 is 15.4 Å². The number of nitrogens with one attached hydrogen (secondary N) is 2. The number of fused-ring (bicyclic) bond motifs is 1. The molecular weight excluding hydrogens is 533 g/mol. The second-order valence-electron chi connectivity index (χ2n) is 8.84. The number of aliphatic imine (C=N–C) groups is 1. The Bertz CT molecular complexity index is 899. The minimum absolute atomic E-state index is 0. The Morgan fingerprint density at radius 2 is 1.97 bits per heavy atom. The van der Waals surface area contributed by atoms with Crippen LogP contribution in [0.2, 0.25) is 0 Å². The molecule has 180 valence electrons. The van der Waals surface area contributed by atoms with Gasteiger partial charge in [-0.3, -0.25) is 4.99 Å². The molecule has 2 aliphatic heterocycles. The van der Waals surface area contributed by atoms with Crippen LogP contribution in [0.15, 0.2) is 52.1 Å². The Morgan fingerprint density at radius 1 is 1.09 bits per heavy atom. The SMILES string of the molecule is I.c1coc(CCNC(=NCC2COC3(CCCCC3)O2)NC2CCOc3ccccc32)c1. The zero-order chi connectivity index (χ0) is 21.6. The molecular formula is C25H34IN3O4. The number of hydrogen-bond acceptors (Lipinski definition) is 5. The predicted octanol–water partition coefficient (Wildman–Crippen LogP) is 4.57. The second kappa shape index (κ2) is 11.6. The smallest absolute Gasteiger partial charge is 0.191 e. The fourth-order valence-corrected chi connectivity index (χ4v) is 4.82. The first-order chi connectivity index (χ1) is 15.8. The van der Waals surface area contributed by atoms with E-state index in [1.54, 1.807) is 6.26 Å². The average Bonchev–Trinajstić information content (AvgIpc) is 3.48. The fraction of sp³-hybridized carbons (Fsp3) is 0.560. The summed E-state index contributed by atoms with van der Waals surface area (Å²) in [7, 11) is 0. The van der Waals surface area contributed by atoms with Crippen LogP contribution in [-0.4, -0.2) is 44.2 Å². The van der Waals surface area contributed by atoms with E-state index >= 15 is 0 Å². The molecule has 2 fully saturated rings. The van der Waals surface area contributed by atoms with E-state index in [4.69, 9.17) is 23.6 Å². The summed E-state index contributed by atoms with van der Waals surface area (Å²) in [4.78, 5) is 4.89. The minimum Gasteiger partial charge on any atom is -0.493 e. The maximum atomic E-state index is 6.33. The van der Waals surface area contributed by atoms with Gasteiger partial charge in [-0.05, 0) is 31.0 Å². The topological polar surface area (TPSA) is 77.3 Å². The van der Waals surface area contributed by atoms with Crippen LogP contribution in [0.1, 0.15) is 55.9 Å². The number of furan rings is 1. The molecule has 33 heavy (non-hydrogen) atoms. The lowest BCUT2D eigenvalue weighted by atomic mass is 9.94. The summed E-state index contributed by atoms with van der Waals surface area (Å²) < 4.78 is 23.7. The summed E-state index contributed by atoms with van der Waals surface area (Å²) in [5.41, 5.74) is 1.17. The largest absolute Gasteiger partial charge is 0.493 e. The third-order valence-electron chi connectivity index (χ3n) is 6.50. The Balaban J connectivity index is 0.00000259. The number of nitrogens with zero attached hydrogens (tertiary/aromatic N) is 1. The van der Waals surface area contributed by atoms with E-state index in [1.165, 1.54) is 24.8 Å². The van der Waals surface area contributed by atoms with E-state index in [9.17, 15) is 0 Å². The van der Waals surface area contributed by atoms with Gasteiger partial charge in [-0.25, -0.2) is 0 Å². The lowest BCUT2D eigenvalue weighted by molar-refractivity contribution is -0.186. The molecule has 2 N–H and O–H groups in total. The highest BCUT2D eigenvalue weighted by Gasteiger charge is 2.42. The Hall–Kier alpha value is -1.78. The maximum absolute atomic E-state index is 6.33. The summed E-state index contributed by atoms with van der Waals surface area (Å²) in [6.45, 7) is 2.61. The van der Waals surface area contributed by atoms with E-state index in [0.717, 1.165) is 49.7 Å². The molecule has 2 atom stereocenters. The molecule has 7 nitrogen and oxygen atoms in total. The van der Waals surface area contributed by atoms with Gasteiger partial charge in [0.05, 0.1) is 32.1 Å². The van der Waals surface area contributed by atoms with Crippen molar-refractivity contribution in [2.45, 2.75) is 62.9 Å². The van der Waals surface area contributed by atoms with Crippen molar-refractivity contribution in [2.75, 3.05) is 26.3 Å². The molecule has 5 rings (SSSR count). The van der Waals surface area contributed by atoms with Crippen LogP contribution >= 0.6 is 24.0 Å². The number of guanidine groups is 1. The average molecular weight is 567 g/mol. The summed E-state index contributed by atoms with van der Waals surface area (Å²) in [6.07, 6.45) is 9.03. The Labute approximate surface area is 212 Å². The highest BCUT2D eigenvalue weighted by atomic mass is 127. The van der Waals surface area contributed by atoms with Gasteiger partial charge in [-0.15, -0.1) is 24.0 Å².